The third-order valence-electron chi connectivity index (χ3n) is 6.17. The van der Waals surface area contributed by atoms with E-state index in [-0.39, 0.29) is 29.3 Å². The van der Waals surface area contributed by atoms with Crippen molar-refractivity contribution in [3.05, 3.63) is 23.8 Å². The maximum Gasteiger partial charge on any atom is 0.332 e. The Bertz CT molecular complexity index is 1010. The molecule has 1 saturated heterocycles. The van der Waals surface area contributed by atoms with E-state index in [1.54, 1.807) is 13.0 Å². The van der Waals surface area contributed by atoms with Gasteiger partial charge in [-0.2, -0.15) is 0 Å². The molecule has 11 heteroatoms. The highest BCUT2D eigenvalue weighted by molar-refractivity contribution is 6.01. The van der Waals surface area contributed by atoms with Gasteiger partial charge in [0.05, 0.1) is 24.3 Å². The summed E-state index contributed by atoms with van der Waals surface area (Å²) in [5, 5.41) is 5.01. The van der Waals surface area contributed by atoms with Crippen LogP contribution in [0.25, 0.3) is 0 Å². The van der Waals surface area contributed by atoms with Crippen molar-refractivity contribution in [1.29, 1.82) is 0 Å². The number of ether oxygens (including phenoxy) is 4. The summed E-state index contributed by atoms with van der Waals surface area (Å²) < 4.78 is 22.2. The second-order valence-corrected chi connectivity index (χ2v) is 9.68. The number of amides is 2. The molecule has 0 saturated carbocycles. The number of carbonyl (C=O) groups excluding carboxylic acids is 5. The fourth-order valence-electron chi connectivity index (χ4n) is 4.24. The van der Waals surface area contributed by atoms with Crippen LogP contribution in [0.3, 0.4) is 0 Å². The van der Waals surface area contributed by atoms with Gasteiger partial charge in [-0.25, -0.2) is 4.79 Å². The Morgan fingerprint density at radius 1 is 1.11 bits per heavy atom. The zero-order chi connectivity index (χ0) is 28.4. The molecule has 1 aromatic carbocycles. The molecule has 38 heavy (non-hydrogen) atoms. The van der Waals surface area contributed by atoms with Crippen LogP contribution in [-0.2, 0) is 33.4 Å². The summed E-state index contributed by atoms with van der Waals surface area (Å²) in [6.07, 6.45) is -0.711. The van der Waals surface area contributed by atoms with E-state index in [1.807, 2.05) is 20.8 Å². The number of anilines is 1. The number of esters is 3. The lowest BCUT2D eigenvalue weighted by atomic mass is 9.92. The Kier molecular flexibility index (Phi) is 11.5. The van der Waals surface area contributed by atoms with Crippen LogP contribution >= 0.6 is 0 Å². The first kappa shape index (κ1) is 30.6. The zero-order valence-corrected chi connectivity index (χ0v) is 22.8. The molecule has 0 unspecified atom stereocenters. The SMILES string of the molecule is CCCC[C@H]1C(=O)O[C@H](C)[C@H](NC(=O)c2cccc(NC=O)c2OC)C(=O)O[C@@H](C)[C@@H]1OC(=O)CC(C)C. The summed E-state index contributed by atoms with van der Waals surface area (Å²) in [5.41, 5.74) is 0.296. The minimum Gasteiger partial charge on any atom is -0.494 e. The molecular weight excluding hydrogens is 496 g/mol. The largest absolute Gasteiger partial charge is 0.494 e. The van der Waals surface area contributed by atoms with E-state index in [1.165, 1.54) is 26.2 Å². The fraction of sp³-hybridized carbons (Fsp3) is 0.593. The van der Waals surface area contributed by atoms with E-state index in [2.05, 4.69) is 10.6 Å². The Labute approximate surface area is 222 Å². The molecule has 1 fully saturated rings. The summed E-state index contributed by atoms with van der Waals surface area (Å²) in [6, 6.07) is 3.17. The van der Waals surface area contributed by atoms with Crippen molar-refractivity contribution in [3.8, 4) is 5.75 Å². The molecular formula is C27H38N2O9. The summed E-state index contributed by atoms with van der Waals surface area (Å²) in [5.74, 6) is -3.44. The number of benzene rings is 1. The topological polar surface area (TPSA) is 146 Å². The van der Waals surface area contributed by atoms with Gasteiger partial charge in [0.2, 0.25) is 6.41 Å². The first-order valence-electron chi connectivity index (χ1n) is 12.8. The highest BCUT2D eigenvalue weighted by Gasteiger charge is 2.43. The molecule has 2 N–H and O–H groups in total. The van der Waals surface area contributed by atoms with Crippen molar-refractivity contribution in [2.24, 2.45) is 11.8 Å². The van der Waals surface area contributed by atoms with Crippen LogP contribution < -0.4 is 15.4 Å². The Balaban J connectivity index is 2.37. The van der Waals surface area contributed by atoms with Crippen LogP contribution in [0.15, 0.2) is 18.2 Å². The molecule has 1 aromatic rings. The standard InChI is InChI=1S/C27H38N2O9/c1-7-8-10-19-23(38-21(31)13-15(2)3)17(5)37-27(34)22(16(4)36-26(19)33)29-25(32)18-11-9-12-20(28-14-30)24(18)35-6/h9,11-12,14-17,19,22-23H,7-8,10,13H2,1-6H3,(H,28,30)(H,29,32)/t16-,17+,19-,22+,23+/m1/s1. The van der Waals surface area contributed by atoms with Gasteiger partial charge in [-0.05, 0) is 38.3 Å². The smallest absolute Gasteiger partial charge is 0.332 e. The fourth-order valence-corrected chi connectivity index (χ4v) is 4.24. The van der Waals surface area contributed by atoms with Crippen LogP contribution in [0.5, 0.6) is 5.75 Å². The van der Waals surface area contributed by atoms with Gasteiger partial charge in [-0.15, -0.1) is 0 Å². The number of unbranched alkanes of at least 4 members (excludes halogenated alkanes) is 1. The average molecular weight is 535 g/mol. The first-order valence-corrected chi connectivity index (χ1v) is 12.8. The second-order valence-electron chi connectivity index (χ2n) is 9.68. The quantitative estimate of drug-likeness (QED) is 0.248. The number of nitrogens with one attached hydrogen (secondary N) is 2. The number of hydrogen-bond donors (Lipinski definition) is 2. The highest BCUT2D eigenvalue weighted by atomic mass is 16.6. The van der Waals surface area contributed by atoms with Crippen molar-refractivity contribution < 1.29 is 42.9 Å². The molecule has 0 spiro atoms. The molecule has 210 valence electrons. The molecule has 2 rings (SSSR count). The number of methoxy groups -OCH3 is 1. The Hall–Kier alpha value is -3.63. The molecule has 11 nitrogen and oxygen atoms in total. The molecule has 0 radical (unpaired) electrons. The van der Waals surface area contributed by atoms with E-state index in [0.717, 1.165) is 6.42 Å². The van der Waals surface area contributed by atoms with Crippen LogP contribution in [-0.4, -0.2) is 61.7 Å². The van der Waals surface area contributed by atoms with Crippen molar-refractivity contribution >= 4 is 35.9 Å². The van der Waals surface area contributed by atoms with Crippen molar-refractivity contribution in [1.82, 2.24) is 5.32 Å². The van der Waals surface area contributed by atoms with E-state index >= 15 is 0 Å². The predicted octanol–water partition coefficient (Wildman–Crippen LogP) is 3.00. The van der Waals surface area contributed by atoms with E-state index in [0.29, 0.717) is 19.3 Å². The van der Waals surface area contributed by atoms with E-state index in [9.17, 15) is 24.0 Å². The maximum absolute atomic E-state index is 13.3. The second kappa shape index (κ2) is 14.3. The van der Waals surface area contributed by atoms with Crippen LogP contribution in [0, 0.1) is 11.8 Å². The normalized spacial score (nSPS) is 23.7. The summed E-state index contributed by atoms with van der Waals surface area (Å²) >= 11 is 0. The van der Waals surface area contributed by atoms with Crippen molar-refractivity contribution in [2.75, 3.05) is 12.4 Å². The van der Waals surface area contributed by atoms with Gasteiger partial charge in [0.25, 0.3) is 5.91 Å². The number of rotatable bonds is 11. The Morgan fingerprint density at radius 3 is 2.39 bits per heavy atom. The molecule has 0 bridgehead atoms. The van der Waals surface area contributed by atoms with Crippen LogP contribution in [0.2, 0.25) is 0 Å². The van der Waals surface area contributed by atoms with Gasteiger partial charge >= 0.3 is 17.9 Å². The van der Waals surface area contributed by atoms with Crippen LogP contribution in [0.4, 0.5) is 5.69 Å². The number of para-hydroxylation sites is 1. The van der Waals surface area contributed by atoms with Crippen molar-refractivity contribution in [3.63, 3.8) is 0 Å². The Morgan fingerprint density at radius 2 is 1.79 bits per heavy atom. The number of cyclic esters (lactones) is 2. The monoisotopic (exact) mass is 534 g/mol. The lowest BCUT2D eigenvalue weighted by molar-refractivity contribution is -0.175. The molecule has 0 aliphatic carbocycles. The number of hydrogen-bond acceptors (Lipinski definition) is 9. The number of carbonyl (C=O) groups is 5. The van der Waals surface area contributed by atoms with Crippen molar-refractivity contribution in [2.45, 2.75) is 84.7 Å². The minimum atomic E-state index is -1.36. The average Bonchev–Trinajstić information content (AvgIpc) is 2.87. The summed E-state index contributed by atoms with van der Waals surface area (Å²) in [6.45, 7) is 8.71. The van der Waals surface area contributed by atoms with Crippen LogP contribution in [0.1, 0.15) is 70.7 Å². The first-order chi connectivity index (χ1) is 18.0. The van der Waals surface area contributed by atoms with E-state index in [4.69, 9.17) is 18.9 Å². The molecule has 5 atom stereocenters. The lowest BCUT2D eigenvalue weighted by Crippen LogP contribution is -2.50. The van der Waals surface area contributed by atoms with Gasteiger partial charge in [-0.3, -0.25) is 19.2 Å². The third kappa shape index (κ3) is 7.93. The minimum absolute atomic E-state index is 0.0366. The van der Waals surface area contributed by atoms with Gasteiger partial charge < -0.3 is 29.6 Å². The summed E-state index contributed by atoms with van der Waals surface area (Å²) in [7, 11) is 1.33. The molecule has 1 heterocycles. The molecule has 1 aliphatic heterocycles. The molecule has 2 amide bonds. The maximum atomic E-state index is 13.3. The highest BCUT2D eigenvalue weighted by Crippen LogP contribution is 2.29. The molecule has 1 aliphatic rings. The van der Waals surface area contributed by atoms with E-state index < -0.39 is 54.1 Å². The van der Waals surface area contributed by atoms with Gasteiger partial charge in [0, 0.05) is 6.42 Å². The lowest BCUT2D eigenvalue weighted by Gasteiger charge is -2.29. The van der Waals surface area contributed by atoms with Gasteiger partial charge in [0.15, 0.2) is 17.9 Å². The third-order valence-corrected chi connectivity index (χ3v) is 6.17. The predicted molar refractivity (Wildman–Crippen MR) is 137 cm³/mol. The van der Waals surface area contributed by atoms with Gasteiger partial charge in [-0.1, -0.05) is 39.7 Å². The zero-order valence-electron chi connectivity index (χ0n) is 22.8. The molecule has 0 aromatic heterocycles. The summed E-state index contributed by atoms with van der Waals surface area (Å²) in [4.78, 5) is 63.1. The van der Waals surface area contributed by atoms with Gasteiger partial charge in [0.1, 0.15) is 12.2 Å².